The highest BCUT2D eigenvalue weighted by Gasteiger charge is 2.47. The number of halogens is 1. The van der Waals surface area contributed by atoms with Gasteiger partial charge in [0, 0.05) is 19.1 Å². The molecule has 0 unspecified atom stereocenters. The maximum atomic E-state index is 12.9. The van der Waals surface area contributed by atoms with E-state index in [0.717, 1.165) is 16.1 Å². The van der Waals surface area contributed by atoms with Crippen LogP contribution in [-0.2, 0) is 6.16 Å². The maximum Gasteiger partial charge on any atom is 0.231 e. The number of hydrogen-bond acceptors (Lipinski definition) is 1. The number of benzene rings is 3. The molecule has 1 aromatic heterocycles. The Hall–Kier alpha value is -2.48. The van der Waals surface area contributed by atoms with Crippen LogP contribution in [0.5, 0.6) is 0 Å². The first-order valence-electron chi connectivity index (χ1n) is 9.45. The Balaban J connectivity index is 0.00000240. The lowest BCUT2D eigenvalue weighted by Gasteiger charge is -2.27. The van der Waals surface area contributed by atoms with Crippen LogP contribution in [0, 0.1) is 12.1 Å². The Bertz CT molecular complexity index is 959. The topological polar surface area (TPSA) is 26.9 Å². The SMILES string of the molecule is Cc1cccc(C[P+](c2ccccc2)(c2ccccc2)c2ccccc2)[n+]1[O-].[Br-]. The van der Waals surface area contributed by atoms with Crippen molar-refractivity contribution in [1.29, 1.82) is 0 Å². The van der Waals surface area contributed by atoms with E-state index in [-0.39, 0.29) is 17.0 Å². The van der Waals surface area contributed by atoms with Gasteiger partial charge in [-0.05, 0) is 42.5 Å². The average molecular weight is 464 g/mol. The molecular weight excluding hydrogens is 441 g/mol. The lowest BCUT2D eigenvalue weighted by molar-refractivity contribution is -0.619. The van der Waals surface area contributed by atoms with Gasteiger partial charge in [0.05, 0.1) is 0 Å². The summed E-state index contributed by atoms with van der Waals surface area (Å²) in [7, 11) is -2.04. The van der Waals surface area contributed by atoms with Crippen molar-refractivity contribution >= 4 is 23.2 Å². The van der Waals surface area contributed by atoms with Crippen LogP contribution in [0.15, 0.2) is 109 Å². The molecule has 0 N–H and O–H groups in total. The second kappa shape index (κ2) is 9.35. The van der Waals surface area contributed by atoms with Crippen molar-refractivity contribution in [1.82, 2.24) is 0 Å². The number of pyridine rings is 1. The molecule has 146 valence electrons. The molecule has 0 bridgehead atoms. The quantitative estimate of drug-likeness (QED) is 0.247. The lowest BCUT2D eigenvalue weighted by Crippen LogP contribution is -3.00. The zero-order valence-electron chi connectivity index (χ0n) is 16.3. The summed E-state index contributed by atoms with van der Waals surface area (Å²) in [6.45, 7) is 1.87. The van der Waals surface area contributed by atoms with Gasteiger partial charge in [0.2, 0.25) is 5.69 Å². The molecular formula is C25H23BrNOP. The van der Waals surface area contributed by atoms with Crippen LogP contribution >= 0.6 is 7.26 Å². The zero-order chi connectivity index (χ0) is 19.4. The standard InChI is InChI=1S/C25H23NOP.BrH/c1-21-12-11-13-22(26(21)27)20-28(23-14-5-2-6-15-23,24-16-7-3-8-17-24)25-18-9-4-10-19-25;/h2-19H,20H2,1H3;1H/q+1;/p-1. The van der Waals surface area contributed by atoms with Gasteiger partial charge in [-0.3, -0.25) is 0 Å². The minimum absolute atomic E-state index is 0. The van der Waals surface area contributed by atoms with Gasteiger partial charge in [0.15, 0.2) is 11.9 Å². The van der Waals surface area contributed by atoms with Crippen LogP contribution in [0.2, 0.25) is 0 Å². The third-order valence-electron chi connectivity index (χ3n) is 5.20. The summed E-state index contributed by atoms with van der Waals surface area (Å²) in [4.78, 5) is 0. The smallest absolute Gasteiger partial charge is 0.231 e. The minimum Gasteiger partial charge on any atom is -1.00 e. The van der Waals surface area contributed by atoms with Gasteiger partial charge in [-0.15, -0.1) is 0 Å². The van der Waals surface area contributed by atoms with Crippen LogP contribution in [0.1, 0.15) is 11.4 Å². The lowest BCUT2D eigenvalue weighted by atomic mass is 10.3. The van der Waals surface area contributed by atoms with Gasteiger partial charge in [0.1, 0.15) is 23.2 Å². The van der Waals surface area contributed by atoms with Gasteiger partial charge >= 0.3 is 0 Å². The molecule has 4 rings (SSSR count). The predicted octanol–water partition coefficient (Wildman–Crippen LogP) is 1.13. The molecule has 0 spiro atoms. The number of rotatable bonds is 5. The first kappa shape index (κ1) is 21.2. The van der Waals surface area contributed by atoms with Crippen molar-refractivity contribution in [2.45, 2.75) is 13.1 Å². The largest absolute Gasteiger partial charge is 1.00 e. The molecule has 0 aliphatic heterocycles. The van der Waals surface area contributed by atoms with Crippen LogP contribution in [0.25, 0.3) is 0 Å². The van der Waals surface area contributed by atoms with E-state index in [9.17, 15) is 5.21 Å². The molecule has 4 heteroatoms. The van der Waals surface area contributed by atoms with E-state index >= 15 is 0 Å². The zero-order valence-corrected chi connectivity index (χ0v) is 18.8. The fourth-order valence-corrected chi connectivity index (χ4v) is 7.99. The Morgan fingerprint density at radius 3 is 1.45 bits per heavy atom. The third-order valence-corrected chi connectivity index (χ3v) is 9.53. The summed E-state index contributed by atoms with van der Waals surface area (Å²) in [5.74, 6) is 0. The molecule has 0 saturated heterocycles. The monoisotopic (exact) mass is 463 g/mol. The molecule has 1 heterocycles. The van der Waals surface area contributed by atoms with Gasteiger partial charge in [-0.1, -0.05) is 54.6 Å². The molecule has 0 fully saturated rings. The van der Waals surface area contributed by atoms with Crippen molar-refractivity contribution in [2.75, 3.05) is 0 Å². The average Bonchev–Trinajstić information content (AvgIpc) is 2.77. The van der Waals surface area contributed by atoms with Crippen molar-refractivity contribution in [3.05, 3.63) is 126 Å². The molecule has 0 amide bonds. The fourth-order valence-electron chi connectivity index (χ4n) is 3.79. The molecule has 4 aromatic rings. The second-order valence-electron chi connectivity index (χ2n) is 6.93. The molecule has 0 saturated carbocycles. The number of aromatic nitrogens is 1. The highest BCUT2D eigenvalue weighted by atomic mass is 79.9. The third kappa shape index (κ3) is 4.12. The maximum absolute atomic E-state index is 12.9. The fraction of sp³-hybridized carbons (Fsp3) is 0.0800. The normalized spacial score (nSPS) is 10.9. The van der Waals surface area contributed by atoms with Crippen LogP contribution in [0.4, 0.5) is 0 Å². The van der Waals surface area contributed by atoms with Crippen molar-refractivity contribution in [3.63, 3.8) is 0 Å². The van der Waals surface area contributed by atoms with Crippen LogP contribution in [0.3, 0.4) is 0 Å². The van der Waals surface area contributed by atoms with Crippen LogP contribution < -0.4 is 37.6 Å². The summed E-state index contributed by atoms with van der Waals surface area (Å²) in [5, 5.41) is 16.7. The number of aryl methyl sites for hydroxylation is 1. The molecule has 0 aliphatic rings. The van der Waals surface area contributed by atoms with E-state index in [1.165, 1.54) is 15.9 Å². The Labute approximate surface area is 183 Å². The Morgan fingerprint density at radius 1 is 0.621 bits per heavy atom. The molecule has 0 atom stereocenters. The predicted molar refractivity (Wildman–Crippen MR) is 119 cm³/mol. The van der Waals surface area contributed by atoms with E-state index in [1.54, 1.807) is 0 Å². The van der Waals surface area contributed by atoms with E-state index in [1.807, 2.05) is 25.1 Å². The van der Waals surface area contributed by atoms with E-state index in [4.69, 9.17) is 0 Å². The van der Waals surface area contributed by atoms with Gasteiger partial charge < -0.3 is 22.2 Å². The highest BCUT2D eigenvalue weighted by Crippen LogP contribution is 2.57. The number of nitrogens with zero attached hydrogens (tertiary/aromatic N) is 1. The highest BCUT2D eigenvalue weighted by molar-refractivity contribution is 7.95. The first-order valence-corrected chi connectivity index (χ1v) is 11.4. The molecule has 3 aromatic carbocycles. The molecule has 0 radical (unpaired) electrons. The van der Waals surface area contributed by atoms with Gasteiger partial charge in [-0.25, -0.2) is 0 Å². The summed E-state index contributed by atoms with van der Waals surface area (Å²) in [5.41, 5.74) is 1.54. The Kier molecular flexibility index (Phi) is 6.84. The molecule has 0 aliphatic carbocycles. The number of hydrogen-bond donors (Lipinski definition) is 0. The van der Waals surface area contributed by atoms with E-state index in [2.05, 4.69) is 91.0 Å². The molecule has 2 nitrogen and oxygen atoms in total. The van der Waals surface area contributed by atoms with Crippen molar-refractivity contribution in [3.8, 4) is 0 Å². The second-order valence-corrected chi connectivity index (χ2v) is 10.4. The van der Waals surface area contributed by atoms with E-state index < -0.39 is 7.26 Å². The summed E-state index contributed by atoms with van der Waals surface area (Å²) in [6.07, 6.45) is 0.691. The summed E-state index contributed by atoms with van der Waals surface area (Å²) in [6, 6.07) is 37.8. The van der Waals surface area contributed by atoms with Crippen molar-refractivity contribution in [2.24, 2.45) is 0 Å². The summed E-state index contributed by atoms with van der Waals surface area (Å²) >= 11 is 0. The minimum atomic E-state index is -2.04. The van der Waals surface area contributed by atoms with Gasteiger partial charge in [0.25, 0.3) is 0 Å². The summed E-state index contributed by atoms with van der Waals surface area (Å²) < 4.78 is 1.09. The molecule has 29 heavy (non-hydrogen) atoms. The van der Waals surface area contributed by atoms with E-state index in [0.29, 0.717) is 6.16 Å². The Morgan fingerprint density at radius 2 is 1.03 bits per heavy atom. The van der Waals surface area contributed by atoms with Gasteiger partial charge in [-0.2, -0.15) is 4.73 Å². The first-order chi connectivity index (χ1) is 13.7. The van der Waals surface area contributed by atoms with Crippen molar-refractivity contribution < 1.29 is 21.7 Å². The van der Waals surface area contributed by atoms with Crippen LogP contribution in [-0.4, -0.2) is 0 Å².